The van der Waals surface area contributed by atoms with Crippen molar-refractivity contribution < 1.29 is 4.74 Å². The van der Waals surface area contributed by atoms with Crippen LogP contribution in [-0.2, 0) is 4.74 Å². The molecule has 0 aromatic heterocycles. The molecule has 1 rings (SSSR count). The van der Waals surface area contributed by atoms with Gasteiger partial charge in [-0.2, -0.15) is 0 Å². The van der Waals surface area contributed by atoms with Gasteiger partial charge in [-0.1, -0.05) is 13.8 Å². The van der Waals surface area contributed by atoms with Crippen molar-refractivity contribution in [3.8, 4) is 0 Å². The smallest absolute Gasteiger partial charge is 0.125 e. The summed E-state index contributed by atoms with van der Waals surface area (Å²) < 4.78 is 5.62. The molecule has 0 amide bonds. The summed E-state index contributed by atoms with van der Waals surface area (Å²) in [5, 5.41) is 3.58. The zero-order valence-corrected chi connectivity index (χ0v) is 9.82. The molecule has 0 bridgehead atoms. The van der Waals surface area contributed by atoms with Gasteiger partial charge in [0.15, 0.2) is 0 Å². The standard InChI is InChI=1S/C11H23NO/c1-7-10(5)8-11(10,13-6)12-9(2,3)4/h12H,7-8H2,1-6H3. The van der Waals surface area contributed by atoms with Crippen LogP contribution >= 0.6 is 0 Å². The van der Waals surface area contributed by atoms with Crippen LogP contribution in [0.3, 0.4) is 0 Å². The second-order valence-corrected chi connectivity index (χ2v) is 5.50. The lowest BCUT2D eigenvalue weighted by Crippen LogP contribution is -2.49. The lowest BCUT2D eigenvalue weighted by molar-refractivity contribution is -0.00424. The van der Waals surface area contributed by atoms with Gasteiger partial charge in [-0.05, 0) is 33.6 Å². The van der Waals surface area contributed by atoms with E-state index in [1.165, 1.54) is 6.42 Å². The van der Waals surface area contributed by atoms with Crippen LogP contribution in [0, 0.1) is 5.41 Å². The van der Waals surface area contributed by atoms with Crippen molar-refractivity contribution in [3.05, 3.63) is 0 Å². The van der Waals surface area contributed by atoms with Crippen molar-refractivity contribution in [2.24, 2.45) is 5.41 Å². The van der Waals surface area contributed by atoms with Gasteiger partial charge in [0.05, 0.1) is 0 Å². The van der Waals surface area contributed by atoms with Gasteiger partial charge in [0.1, 0.15) is 5.72 Å². The van der Waals surface area contributed by atoms with Gasteiger partial charge in [0, 0.05) is 18.1 Å². The van der Waals surface area contributed by atoms with Gasteiger partial charge in [0.25, 0.3) is 0 Å². The molecule has 2 atom stereocenters. The Morgan fingerprint density at radius 3 is 2.15 bits per heavy atom. The summed E-state index contributed by atoms with van der Waals surface area (Å²) in [5.74, 6) is 0. The fraction of sp³-hybridized carbons (Fsp3) is 1.00. The van der Waals surface area contributed by atoms with E-state index in [1.54, 1.807) is 7.11 Å². The van der Waals surface area contributed by atoms with Crippen molar-refractivity contribution in [2.75, 3.05) is 7.11 Å². The lowest BCUT2D eigenvalue weighted by atomic mass is 10.0. The average molecular weight is 185 g/mol. The first-order chi connectivity index (χ1) is 5.79. The third kappa shape index (κ3) is 1.89. The summed E-state index contributed by atoms with van der Waals surface area (Å²) >= 11 is 0. The second-order valence-electron chi connectivity index (χ2n) is 5.50. The summed E-state index contributed by atoms with van der Waals surface area (Å²) in [4.78, 5) is 0. The zero-order valence-electron chi connectivity index (χ0n) is 9.82. The van der Waals surface area contributed by atoms with E-state index < -0.39 is 0 Å². The van der Waals surface area contributed by atoms with Crippen LogP contribution < -0.4 is 5.32 Å². The highest BCUT2D eigenvalue weighted by Crippen LogP contribution is 2.59. The Kier molecular flexibility index (Phi) is 2.50. The van der Waals surface area contributed by atoms with E-state index in [0.717, 1.165) is 6.42 Å². The van der Waals surface area contributed by atoms with Gasteiger partial charge in [-0.3, -0.25) is 5.32 Å². The number of hydrogen-bond donors (Lipinski definition) is 1. The Balaban J connectivity index is 2.67. The summed E-state index contributed by atoms with van der Waals surface area (Å²) in [7, 11) is 1.81. The van der Waals surface area contributed by atoms with Gasteiger partial charge < -0.3 is 4.74 Å². The highest BCUT2D eigenvalue weighted by molar-refractivity contribution is 5.13. The molecule has 78 valence electrons. The normalized spacial score (nSPS) is 39.2. The molecule has 0 aromatic carbocycles. The first-order valence-electron chi connectivity index (χ1n) is 5.13. The van der Waals surface area contributed by atoms with E-state index in [1.807, 2.05) is 0 Å². The predicted molar refractivity (Wildman–Crippen MR) is 55.6 cm³/mol. The number of methoxy groups -OCH3 is 1. The van der Waals surface area contributed by atoms with Crippen LogP contribution in [-0.4, -0.2) is 18.4 Å². The molecule has 0 spiro atoms. The van der Waals surface area contributed by atoms with Crippen molar-refractivity contribution in [3.63, 3.8) is 0 Å². The maximum absolute atomic E-state index is 5.62. The van der Waals surface area contributed by atoms with E-state index in [0.29, 0.717) is 5.41 Å². The molecule has 1 N–H and O–H groups in total. The van der Waals surface area contributed by atoms with E-state index in [2.05, 4.69) is 39.9 Å². The molecule has 1 aliphatic rings. The molecular weight excluding hydrogens is 162 g/mol. The summed E-state index contributed by atoms with van der Waals surface area (Å²) in [6, 6.07) is 0. The minimum absolute atomic E-state index is 0.0694. The fourth-order valence-electron chi connectivity index (χ4n) is 2.09. The molecule has 0 saturated heterocycles. The highest BCUT2D eigenvalue weighted by atomic mass is 16.5. The van der Waals surface area contributed by atoms with Crippen LogP contribution in [0.4, 0.5) is 0 Å². The first kappa shape index (κ1) is 11.0. The molecule has 1 fully saturated rings. The Morgan fingerprint density at radius 1 is 1.38 bits per heavy atom. The number of ether oxygens (including phenoxy) is 1. The molecular formula is C11H23NO. The van der Waals surface area contributed by atoms with Crippen LogP contribution in [0.1, 0.15) is 47.5 Å². The monoisotopic (exact) mass is 185 g/mol. The van der Waals surface area contributed by atoms with E-state index >= 15 is 0 Å². The summed E-state index contributed by atoms with van der Waals surface area (Å²) in [5.41, 5.74) is 0.387. The van der Waals surface area contributed by atoms with Crippen LogP contribution in [0.25, 0.3) is 0 Å². The predicted octanol–water partition coefficient (Wildman–Crippen LogP) is 2.54. The minimum Gasteiger partial charge on any atom is -0.363 e. The number of hydrogen-bond acceptors (Lipinski definition) is 2. The molecule has 0 aliphatic heterocycles. The Hall–Kier alpha value is -0.0800. The van der Waals surface area contributed by atoms with Crippen LogP contribution in [0.5, 0.6) is 0 Å². The van der Waals surface area contributed by atoms with Gasteiger partial charge in [-0.15, -0.1) is 0 Å². The van der Waals surface area contributed by atoms with Crippen molar-refractivity contribution in [2.45, 2.75) is 58.7 Å². The zero-order chi connectivity index (χ0) is 10.3. The third-order valence-electron chi connectivity index (χ3n) is 3.19. The quantitative estimate of drug-likeness (QED) is 0.682. The van der Waals surface area contributed by atoms with Crippen molar-refractivity contribution >= 4 is 0 Å². The Bertz CT molecular complexity index is 197. The molecule has 0 aromatic rings. The van der Waals surface area contributed by atoms with Gasteiger partial charge in [-0.25, -0.2) is 0 Å². The molecule has 0 heterocycles. The Labute approximate surface area is 82.0 Å². The molecule has 13 heavy (non-hydrogen) atoms. The van der Waals surface area contributed by atoms with Crippen LogP contribution in [0.2, 0.25) is 0 Å². The topological polar surface area (TPSA) is 21.3 Å². The molecule has 0 radical (unpaired) electrons. The molecule has 1 saturated carbocycles. The van der Waals surface area contributed by atoms with E-state index in [-0.39, 0.29) is 11.3 Å². The minimum atomic E-state index is -0.0694. The summed E-state index contributed by atoms with van der Waals surface area (Å²) in [6.45, 7) is 11.1. The summed E-state index contributed by atoms with van der Waals surface area (Å²) in [6.07, 6.45) is 2.30. The average Bonchev–Trinajstić information content (AvgIpc) is 2.55. The SMILES string of the molecule is CCC1(C)CC1(NC(C)(C)C)OC. The fourth-order valence-corrected chi connectivity index (χ4v) is 2.09. The first-order valence-corrected chi connectivity index (χ1v) is 5.13. The van der Waals surface area contributed by atoms with E-state index in [9.17, 15) is 0 Å². The third-order valence-corrected chi connectivity index (χ3v) is 3.19. The highest BCUT2D eigenvalue weighted by Gasteiger charge is 2.65. The van der Waals surface area contributed by atoms with Gasteiger partial charge in [0.2, 0.25) is 0 Å². The van der Waals surface area contributed by atoms with Crippen LogP contribution in [0.15, 0.2) is 0 Å². The molecule has 1 aliphatic carbocycles. The largest absolute Gasteiger partial charge is 0.363 e. The number of nitrogens with one attached hydrogen (secondary N) is 1. The van der Waals surface area contributed by atoms with E-state index in [4.69, 9.17) is 4.74 Å². The lowest BCUT2D eigenvalue weighted by Gasteiger charge is -2.31. The van der Waals surface area contributed by atoms with Crippen molar-refractivity contribution in [1.29, 1.82) is 0 Å². The molecule has 2 unspecified atom stereocenters. The second kappa shape index (κ2) is 2.96. The van der Waals surface area contributed by atoms with Gasteiger partial charge >= 0.3 is 0 Å². The Morgan fingerprint density at radius 2 is 1.92 bits per heavy atom. The molecule has 2 nitrogen and oxygen atoms in total. The maximum Gasteiger partial charge on any atom is 0.125 e. The maximum atomic E-state index is 5.62. The van der Waals surface area contributed by atoms with Crippen molar-refractivity contribution in [1.82, 2.24) is 5.32 Å². The molecule has 2 heteroatoms. The number of rotatable bonds is 3.